The van der Waals surface area contributed by atoms with E-state index in [9.17, 15) is 4.79 Å². The summed E-state index contributed by atoms with van der Waals surface area (Å²) in [6.07, 6.45) is 5.33. The van der Waals surface area contributed by atoms with Crippen molar-refractivity contribution in [3.63, 3.8) is 0 Å². The molecule has 0 spiro atoms. The first kappa shape index (κ1) is 21.0. The molecule has 2 aromatic rings. The smallest absolute Gasteiger partial charge is 0.277 e. The van der Waals surface area contributed by atoms with Gasteiger partial charge in [-0.15, -0.1) is 0 Å². The molecule has 0 aromatic heterocycles. The summed E-state index contributed by atoms with van der Waals surface area (Å²) in [5, 5.41) is 3.93. The summed E-state index contributed by atoms with van der Waals surface area (Å²) in [7, 11) is 0. The molecule has 28 heavy (non-hydrogen) atoms. The van der Waals surface area contributed by atoms with Gasteiger partial charge in [-0.25, -0.2) is 5.43 Å². The Balaban J connectivity index is 1.73. The van der Waals surface area contributed by atoms with Crippen molar-refractivity contribution in [1.29, 1.82) is 0 Å². The monoisotopic (exact) mass is 382 g/mol. The fourth-order valence-corrected chi connectivity index (χ4v) is 2.17. The third-order valence-corrected chi connectivity index (χ3v) is 3.59. The highest BCUT2D eigenvalue weighted by Crippen LogP contribution is 2.17. The van der Waals surface area contributed by atoms with E-state index >= 15 is 0 Å². The summed E-state index contributed by atoms with van der Waals surface area (Å²) in [5.74, 6) is 1.74. The van der Waals surface area contributed by atoms with Gasteiger partial charge in [-0.3, -0.25) is 4.79 Å². The second-order valence-corrected chi connectivity index (χ2v) is 5.93. The van der Waals surface area contributed by atoms with Crippen LogP contribution in [0.3, 0.4) is 0 Å². The molecule has 0 heterocycles. The van der Waals surface area contributed by atoms with Crippen LogP contribution < -0.4 is 19.6 Å². The van der Waals surface area contributed by atoms with Crippen LogP contribution in [0.4, 0.5) is 0 Å². The molecular weight excluding hydrogens is 356 g/mol. The van der Waals surface area contributed by atoms with E-state index in [1.807, 2.05) is 36.4 Å². The minimum atomic E-state index is -0.349. The molecule has 1 amide bonds. The van der Waals surface area contributed by atoms with Gasteiger partial charge in [0.15, 0.2) is 6.61 Å². The normalized spacial score (nSPS) is 10.5. The van der Waals surface area contributed by atoms with Gasteiger partial charge >= 0.3 is 0 Å². The van der Waals surface area contributed by atoms with Crippen molar-refractivity contribution in [2.45, 2.75) is 19.8 Å². The average molecular weight is 382 g/mol. The van der Waals surface area contributed by atoms with Crippen LogP contribution >= 0.6 is 0 Å². The predicted octanol–water partition coefficient (Wildman–Crippen LogP) is 3.96. The van der Waals surface area contributed by atoms with E-state index < -0.39 is 0 Å². The summed E-state index contributed by atoms with van der Waals surface area (Å²) >= 11 is 0. The zero-order valence-corrected chi connectivity index (χ0v) is 16.1. The third-order valence-electron chi connectivity index (χ3n) is 3.59. The Morgan fingerprint density at radius 3 is 2.54 bits per heavy atom. The lowest BCUT2D eigenvalue weighted by molar-refractivity contribution is -0.123. The molecule has 0 bridgehead atoms. The van der Waals surface area contributed by atoms with Crippen molar-refractivity contribution in [3.8, 4) is 17.2 Å². The highest BCUT2D eigenvalue weighted by Gasteiger charge is 2.02. The number of nitrogens with one attached hydrogen (secondary N) is 1. The zero-order valence-electron chi connectivity index (χ0n) is 16.1. The lowest BCUT2D eigenvalue weighted by Crippen LogP contribution is -2.24. The molecule has 2 aromatic carbocycles. The van der Waals surface area contributed by atoms with Gasteiger partial charge in [-0.1, -0.05) is 38.1 Å². The number of carbonyl (C=O) groups excluding carboxylic acids is 1. The average Bonchev–Trinajstić information content (AvgIpc) is 2.72. The largest absolute Gasteiger partial charge is 0.494 e. The van der Waals surface area contributed by atoms with Crippen LogP contribution in [0.5, 0.6) is 17.2 Å². The lowest BCUT2D eigenvalue weighted by atomic mass is 10.2. The Kier molecular flexibility index (Phi) is 9.14. The zero-order chi connectivity index (χ0) is 20.0. The Labute approximate surface area is 165 Å². The number of benzene rings is 2. The molecule has 1 N–H and O–H groups in total. The van der Waals surface area contributed by atoms with E-state index in [-0.39, 0.29) is 12.5 Å². The minimum Gasteiger partial charge on any atom is -0.494 e. The van der Waals surface area contributed by atoms with Gasteiger partial charge in [0, 0.05) is 0 Å². The van der Waals surface area contributed by atoms with Crippen molar-refractivity contribution in [1.82, 2.24) is 5.43 Å². The number of amides is 1. The molecule has 0 radical (unpaired) electrons. The van der Waals surface area contributed by atoms with E-state index in [1.54, 1.807) is 24.4 Å². The molecule has 0 aliphatic heterocycles. The second kappa shape index (κ2) is 12.2. The molecule has 0 aliphatic rings. The Morgan fingerprint density at radius 2 is 1.82 bits per heavy atom. The maximum atomic E-state index is 11.8. The van der Waals surface area contributed by atoms with E-state index in [0.29, 0.717) is 24.7 Å². The fraction of sp³-hybridized carbons (Fsp3) is 0.273. The van der Waals surface area contributed by atoms with Crippen LogP contribution in [-0.4, -0.2) is 31.9 Å². The standard InChI is InChI=1S/C22H26N2O4/c1-3-5-14-27-19-9-11-20(12-10-19)28-17-22(25)24-23-16-18-7-6-8-21(15-18)26-13-4-2/h4,6-12,15-16H,2-3,5,13-14,17H2,1H3,(H,24,25). The third kappa shape index (κ3) is 7.95. The summed E-state index contributed by atoms with van der Waals surface area (Å²) in [4.78, 5) is 11.8. The van der Waals surface area contributed by atoms with Crippen LogP contribution in [0.1, 0.15) is 25.3 Å². The molecule has 0 atom stereocenters. The molecule has 6 heteroatoms. The SMILES string of the molecule is C=CCOc1cccc(C=NNC(=O)COc2ccc(OCCCC)cc2)c1. The van der Waals surface area contributed by atoms with Crippen LogP contribution in [0.25, 0.3) is 0 Å². The van der Waals surface area contributed by atoms with Gasteiger partial charge in [-0.05, 0) is 48.4 Å². The maximum Gasteiger partial charge on any atom is 0.277 e. The molecule has 2 rings (SSSR count). The molecule has 0 saturated carbocycles. The first-order valence-corrected chi connectivity index (χ1v) is 9.22. The fourth-order valence-electron chi connectivity index (χ4n) is 2.17. The van der Waals surface area contributed by atoms with Gasteiger partial charge in [0.05, 0.1) is 12.8 Å². The number of nitrogens with zero attached hydrogens (tertiary/aromatic N) is 1. The first-order chi connectivity index (χ1) is 13.7. The Morgan fingerprint density at radius 1 is 1.07 bits per heavy atom. The van der Waals surface area contributed by atoms with Crippen molar-refractivity contribution >= 4 is 12.1 Å². The van der Waals surface area contributed by atoms with E-state index in [2.05, 4.69) is 24.0 Å². The van der Waals surface area contributed by atoms with Crippen LogP contribution in [0, 0.1) is 0 Å². The molecule has 0 fully saturated rings. The lowest BCUT2D eigenvalue weighted by Gasteiger charge is -2.08. The second-order valence-electron chi connectivity index (χ2n) is 5.93. The van der Waals surface area contributed by atoms with Crippen LogP contribution in [0.2, 0.25) is 0 Å². The highest BCUT2D eigenvalue weighted by atomic mass is 16.5. The van der Waals surface area contributed by atoms with Crippen LogP contribution in [0.15, 0.2) is 66.3 Å². The van der Waals surface area contributed by atoms with Gasteiger partial charge in [-0.2, -0.15) is 5.10 Å². The summed E-state index contributed by atoms with van der Waals surface area (Å²) in [6.45, 7) is 6.72. The van der Waals surface area contributed by atoms with Crippen LogP contribution in [-0.2, 0) is 4.79 Å². The number of ether oxygens (including phenoxy) is 3. The molecule has 0 saturated heterocycles. The quantitative estimate of drug-likeness (QED) is 0.261. The number of unbranched alkanes of at least 4 members (excludes halogenated alkanes) is 1. The first-order valence-electron chi connectivity index (χ1n) is 9.22. The molecule has 6 nitrogen and oxygen atoms in total. The topological polar surface area (TPSA) is 69.2 Å². The van der Waals surface area contributed by atoms with E-state index in [1.165, 1.54) is 0 Å². The number of hydrogen-bond acceptors (Lipinski definition) is 5. The predicted molar refractivity (Wildman–Crippen MR) is 110 cm³/mol. The number of rotatable bonds is 12. The van der Waals surface area contributed by atoms with Gasteiger partial charge < -0.3 is 14.2 Å². The van der Waals surface area contributed by atoms with E-state index in [4.69, 9.17) is 14.2 Å². The van der Waals surface area contributed by atoms with E-state index in [0.717, 1.165) is 24.2 Å². The molecular formula is C22H26N2O4. The van der Waals surface area contributed by atoms with Crippen molar-refractivity contribution < 1.29 is 19.0 Å². The number of hydrogen-bond donors (Lipinski definition) is 1. The van der Waals surface area contributed by atoms with Crippen molar-refractivity contribution in [2.75, 3.05) is 19.8 Å². The van der Waals surface area contributed by atoms with Gasteiger partial charge in [0.25, 0.3) is 5.91 Å². The minimum absolute atomic E-state index is 0.129. The number of carbonyl (C=O) groups is 1. The molecule has 148 valence electrons. The summed E-state index contributed by atoms with van der Waals surface area (Å²) < 4.78 is 16.5. The van der Waals surface area contributed by atoms with Crippen molar-refractivity contribution in [2.24, 2.45) is 5.10 Å². The highest BCUT2D eigenvalue weighted by molar-refractivity contribution is 5.83. The van der Waals surface area contributed by atoms with Crippen molar-refractivity contribution in [3.05, 3.63) is 66.7 Å². The maximum absolute atomic E-state index is 11.8. The number of hydrazone groups is 1. The van der Waals surface area contributed by atoms with Gasteiger partial charge in [0.2, 0.25) is 0 Å². The molecule has 0 aliphatic carbocycles. The molecule has 0 unspecified atom stereocenters. The summed E-state index contributed by atoms with van der Waals surface area (Å²) in [5.41, 5.74) is 3.24. The Hall–Kier alpha value is -3.28. The summed E-state index contributed by atoms with van der Waals surface area (Å²) in [6, 6.07) is 14.6. The Bertz CT molecular complexity index is 772. The van der Waals surface area contributed by atoms with Gasteiger partial charge in [0.1, 0.15) is 23.9 Å².